The third kappa shape index (κ3) is 3.39. The van der Waals surface area contributed by atoms with Crippen LogP contribution in [0.1, 0.15) is 34.6 Å². The lowest BCUT2D eigenvalue weighted by atomic mass is 9.85. The van der Waals surface area contributed by atoms with Crippen LogP contribution in [0.5, 0.6) is 5.75 Å². The van der Waals surface area contributed by atoms with E-state index >= 15 is 0 Å². The van der Waals surface area contributed by atoms with Gasteiger partial charge in [0.15, 0.2) is 6.29 Å². The zero-order valence-electron chi connectivity index (χ0n) is 16.6. The smallest absolute Gasteiger partial charge is 0.178 e. The summed E-state index contributed by atoms with van der Waals surface area (Å²) >= 11 is 6.28. The molecule has 2 N–H and O–H groups in total. The van der Waals surface area contributed by atoms with E-state index in [1.54, 1.807) is 48.5 Å². The van der Waals surface area contributed by atoms with E-state index in [4.69, 9.17) is 21.4 Å². The standard InChI is InChI=1S/C24H17ClFN3O3/c25-20-10-17(7-3-15(20)11-27)29-23(13-1-5-16(26)6-2-13)19-12-32-21-9-14(24(30)31)4-8-18(21)22(19)28-29/h1-10,19,23-24,30-31H,12H2/t19-,23-/m1/s1. The molecule has 160 valence electrons. The summed E-state index contributed by atoms with van der Waals surface area (Å²) in [6.07, 6.45) is -1.60. The van der Waals surface area contributed by atoms with E-state index in [0.29, 0.717) is 34.2 Å². The molecule has 6 nitrogen and oxygen atoms in total. The number of fused-ring (bicyclic) bond motifs is 3. The fraction of sp³-hybridized carbons (Fsp3) is 0.167. The molecule has 0 saturated heterocycles. The molecule has 0 radical (unpaired) electrons. The lowest BCUT2D eigenvalue weighted by molar-refractivity contribution is -0.0426. The molecular weight excluding hydrogens is 433 g/mol. The third-order valence-corrected chi connectivity index (χ3v) is 6.07. The number of hydrogen-bond acceptors (Lipinski definition) is 6. The average molecular weight is 450 g/mol. The van der Waals surface area contributed by atoms with Gasteiger partial charge in [0, 0.05) is 11.1 Å². The number of hydrazone groups is 1. The van der Waals surface area contributed by atoms with Gasteiger partial charge in [-0.25, -0.2) is 4.39 Å². The van der Waals surface area contributed by atoms with Crippen LogP contribution in [0.4, 0.5) is 10.1 Å². The predicted octanol–water partition coefficient (Wildman–Crippen LogP) is 4.31. The number of halogens is 2. The zero-order chi connectivity index (χ0) is 22.4. The van der Waals surface area contributed by atoms with Crippen LogP contribution < -0.4 is 9.75 Å². The Morgan fingerprint density at radius 1 is 1.12 bits per heavy atom. The molecule has 0 fully saturated rings. The number of rotatable bonds is 3. The van der Waals surface area contributed by atoms with Crippen molar-refractivity contribution in [3.63, 3.8) is 0 Å². The number of aliphatic hydroxyl groups is 2. The maximum atomic E-state index is 13.6. The fourth-order valence-corrected chi connectivity index (χ4v) is 4.41. The van der Waals surface area contributed by atoms with E-state index in [0.717, 1.165) is 16.8 Å². The maximum Gasteiger partial charge on any atom is 0.178 e. The molecule has 0 aromatic heterocycles. The van der Waals surface area contributed by atoms with Gasteiger partial charge in [-0.2, -0.15) is 10.4 Å². The van der Waals surface area contributed by atoms with Crippen LogP contribution in [0, 0.1) is 23.1 Å². The molecule has 0 saturated carbocycles. The number of hydrogen-bond donors (Lipinski definition) is 2. The van der Waals surface area contributed by atoms with Crippen LogP contribution in [0.2, 0.25) is 5.02 Å². The van der Waals surface area contributed by atoms with Gasteiger partial charge in [0.2, 0.25) is 0 Å². The molecule has 3 aromatic carbocycles. The lowest BCUT2D eigenvalue weighted by Gasteiger charge is -2.31. The van der Waals surface area contributed by atoms with Gasteiger partial charge in [0.25, 0.3) is 0 Å². The van der Waals surface area contributed by atoms with E-state index in [1.165, 1.54) is 12.1 Å². The zero-order valence-corrected chi connectivity index (χ0v) is 17.4. The minimum atomic E-state index is -1.60. The normalized spacial score (nSPS) is 19.1. The molecule has 3 aromatic rings. The van der Waals surface area contributed by atoms with Crippen molar-refractivity contribution in [1.29, 1.82) is 5.26 Å². The Balaban J connectivity index is 1.63. The van der Waals surface area contributed by atoms with E-state index < -0.39 is 6.29 Å². The molecule has 2 atom stereocenters. The number of aliphatic hydroxyl groups excluding tert-OH is 1. The molecule has 2 aliphatic rings. The molecule has 2 heterocycles. The minimum Gasteiger partial charge on any atom is -0.492 e. The quantitative estimate of drug-likeness (QED) is 0.582. The summed E-state index contributed by atoms with van der Waals surface area (Å²) in [5.41, 5.74) is 3.76. The van der Waals surface area contributed by atoms with Crippen molar-refractivity contribution in [2.75, 3.05) is 11.6 Å². The number of benzene rings is 3. The van der Waals surface area contributed by atoms with E-state index in [9.17, 15) is 19.9 Å². The Bertz CT molecular complexity index is 1270. The highest BCUT2D eigenvalue weighted by Crippen LogP contribution is 2.45. The number of ether oxygens (including phenoxy) is 1. The Kier molecular flexibility index (Phi) is 5.06. The second-order valence-electron chi connectivity index (χ2n) is 7.65. The average Bonchev–Trinajstić information content (AvgIpc) is 3.19. The highest BCUT2D eigenvalue weighted by Gasteiger charge is 2.43. The summed E-state index contributed by atoms with van der Waals surface area (Å²) in [7, 11) is 0. The first-order valence-electron chi connectivity index (χ1n) is 9.92. The summed E-state index contributed by atoms with van der Waals surface area (Å²) in [4.78, 5) is 0. The van der Waals surface area contributed by atoms with Crippen molar-refractivity contribution in [2.24, 2.45) is 11.0 Å². The van der Waals surface area contributed by atoms with Crippen LogP contribution in [0.25, 0.3) is 0 Å². The Hall–Kier alpha value is -3.44. The predicted molar refractivity (Wildman–Crippen MR) is 117 cm³/mol. The Morgan fingerprint density at radius 3 is 2.59 bits per heavy atom. The largest absolute Gasteiger partial charge is 0.492 e. The van der Waals surface area contributed by atoms with Crippen molar-refractivity contribution < 1.29 is 19.3 Å². The van der Waals surface area contributed by atoms with Crippen LogP contribution in [0.3, 0.4) is 0 Å². The number of anilines is 1. The first-order chi connectivity index (χ1) is 15.5. The van der Waals surface area contributed by atoms with Crippen molar-refractivity contribution in [3.8, 4) is 11.8 Å². The van der Waals surface area contributed by atoms with Gasteiger partial charge in [-0.3, -0.25) is 5.01 Å². The molecule has 0 unspecified atom stereocenters. The van der Waals surface area contributed by atoms with Gasteiger partial charge in [0.05, 0.1) is 40.6 Å². The molecule has 32 heavy (non-hydrogen) atoms. The fourth-order valence-electron chi connectivity index (χ4n) is 4.20. The maximum absolute atomic E-state index is 13.6. The summed E-state index contributed by atoms with van der Waals surface area (Å²) in [5, 5.41) is 35.2. The summed E-state index contributed by atoms with van der Waals surface area (Å²) in [6, 6.07) is 18.1. The molecule has 0 amide bonds. The van der Waals surface area contributed by atoms with E-state index in [1.807, 2.05) is 5.01 Å². The second kappa shape index (κ2) is 7.92. The topological polar surface area (TPSA) is 89.1 Å². The van der Waals surface area contributed by atoms with Crippen LogP contribution in [-0.4, -0.2) is 22.5 Å². The molecule has 2 aliphatic heterocycles. The van der Waals surface area contributed by atoms with Crippen LogP contribution >= 0.6 is 11.6 Å². The van der Waals surface area contributed by atoms with E-state index in [2.05, 4.69) is 6.07 Å². The summed E-state index contributed by atoms with van der Waals surface area (Å²) in [5.74, 6) is 0.0247. The number of nitriles is 1. The third-order valence-electron chi connectivity index (χ3n) is 5.76. The Morgan fingerprint density at radius 2 is 1.91 bits per heavy atom. The molecule has 8 heteroatoms. The van der Waals surface area contributed by atoms with E-state index in [-0.39, 0.29) is 17.8 Å². The number of nitrogens with zero attached hydrogens (tertiary/aromatic N) is 3. The van der Waals surface area contributed by atoms with Gasteiger partial charge in [0.1, 0.15) is 17.6 Å². The Labute approximate surface area is 188 Å². The summed E-state index contributed by atoms with van der Waals surface area (Å²) < 4.78 is 19.6. The first-order valence-corrected chi connectivity index (χ1v) is 10.3. The SMILES string of the molecule is N#Cc1ccc(N2N=C3c4ccc(C(O)O)cc4OC[C@H]3[C@H]2c2ccc(F)cc2)cc1Cl. The summed E-state index contributed by atoms with van der Waals surface area (Å²) in [6.45, 7) is 0.305. The molecule has 0 aliphatic carbocycles. The van der Waals surface area contributed by atoms with Crippen molar-refractivity contribution >= 4 is 23.0 Å². The van der Waals surface area contributed by atoms with Crippen LogP contribution in [0.15, 0.2) is 65.8 Å². The van der Waals surface area contributed by atoms with Gasteiger partial charge in [-0.15, -0.1) is 0 Å². The second-order valence-corrected chi connectivity index (χ2v) is 8.06. The van der Waals surface area contributed by atoms with Gasteiger partial charge < -0.3 is 14.9 Å². The minimum absolute atomic E-state index is 0.160. The van der Waals surface area contributed by atoms with Crippen molar-refractivity contribution in [3.05, 3.63) is 93.8 Å². The van der Waals surface area contributed by atoms with Gasteiger partial charge >= 0.3 is 0 Å². The molecule has 0 spiro atoms. The molecular formula is C24H17ClFN3O3. The van der Waals surface area contributed by atoms with Crippen LogP contribution in [-0.2, 0) is 0 Å². The van der Waals surface area contributed by atoms with Gasteiger partial charge in [-0.1, -0.05) is 29.8 Å². The van der Waals surface area contributed by atoms with Crippen molar-refractivity contribution in [2.45, 2.75) is 12.3 Å². The first kappa shape index (κ1) is 20.5. The van der Waals surface area contributed by atoms with Crippen molar-refractivity contribution in [1.82, 2.24) is 0 Å². The highest BCUT2D eigenvalue weighted by molar-refractivity contribution is 6.32. The molecule has 0 bridgehead atoms. The lowest BCUT2D eigenvalue weighted by Crippen LogP contribution is -2.33. The monoisotopic (exact) mass is 449 g/mol. The molecule has 5 rings (SSSR count). The highest BCUT2D eigenvalue weighted by atomic mass is 35.5. The van der Waals surface area contributed by atoms with Gasteiger partial charge in [-0.05, 0) is 48.0 Å².